The third kappa shape index (κ3) is 6.43. The standard InChI is InChI=1S/C19H25NO3S/c1-16-8-10-18(11-9-16)14-24(22,23)20-15-19(2,21)13-12-17-6-4-3-5-7-17/h3-11,20-21H,12-15H2,1-2H3/t19-/m0/s1. The van der Waals surface area contributed by atoms with Crippen LogP contribution in [0.4, 0.5) is 0 Å². The Morgan fingerprint density at radius 2 is 1.62 bits per heavy atom. The van der Waals surface area contributed by atoms with Gasteiger partial charge in [0.15, 0.2) is 0 Å². The quantitative estimate of drug-likeness (QED) is 0.772. The zero-order chi connectivity index (χ0) is 17.6. The fourth-order valence-corrected chi connectivity index (χ4v) is 3.63. The summed E-state index contributed by atoms with van der Waals surface area (Å²) in [5.41, 5.74) is 1.86. The van der Waals surface area contributed by atoms with Gasteiger partial charge in [-0.3, -0.25) is 0 Å². The minimum Gasteiger partial charge on any atom is -0.389 e. The van der Waals surface area contributed by atoms with E-state index in [1.54, 1.807) is 6.92 Å². The minimum absolute atomic E-state index is 0.00796. The van der Waals surface area contributed by atoms with Crippen LogP contribution in [-0.2, 0) is 22.2 Å². The second kappa shape index (κ2) is 7.92. The number of nitrogens with one attached hydrogen (secondary N) is 1. The second-order valence-electron chi connectivity index (χ2n) is 6.55. The van der Waals surface area contributed by atoms with Gasteiger partial charge in [0, 0.05) is 6.54 Å². The monoisotopic (exact) mass is 347 g/mol. The summed E-state index contributed by atoms with van der Waals surface area (Å²) in [6.45, 7) is 3.62. The molecule has 2 aromatic rings. The van der Waals surface area contributed by atoms with Gasteiger partial charge in [-0.25, -0.2) is 13.1 Å². The fraction of sp³-hybridized carbons (Fsp3) is 0.368. The molecule has 24 heavy (non-hydrogen) atoms. The SMILES string of the molecule is Cc1ccc(CS(=O)(=O)NC[C@@](C)(O)CCc2ccccc2)cc1. The number of sulfonamides is 1. The molecule has 1 atom stereocenters. The first kappa shape index (κ1) is 18.6. The molecular formula is C19H25NO3S. The zero-order valence-corrected chi connectivity index (χ0v) is 15.0. The van der Waals surface area contributed by atoms with E-state index >= 15 is 0 Å². The van der Waals surface area contributed by atoms with Crippen molar-refractivity contribution >= 4 is 10.0 Å². The maximum atomic E-state index is 12.2. The van der Waals surface area contributed by atoms with Gasteiger partial charge in [0.25, 0.3) is 0 Å². The van der Waals surface area contributed by atoms with E-state index in [4.69, 9.17) is 0 Å². The van der Waals surface area contributed by atoms with Crippen molar-refractivity contribution in [3.05, 3.63) is 71.3 Å². The van der Waals surface area contributed by atoms with Gasteiger partial charge in [0.05, 0.1) is 11.4 Å². The molecule has 0 amide bonds. The summed E-state index contributed by atoms with van der Waals surface area (Å²) < 4.78 is 26.9. The van der Waals surface area contributed by atoms with Crippen LogP contribution in [0.2, 0.25) is 0 Å². The molecule has 0 heterocycles. The number of hydrogen-bond acceptors (Lipinski definition) is 3. The van der Waals surface area contributed by atoms with E-state index in [-0.39, 0.29) is 12.3 Å². The van der Waals surface area contributed by atoms with Crippen LogP contribution >= 0.6 is 0 Å². The molecule has 0 saturated carbocycles. The van der Waals surface area contributed by atoms with Crippen LogP contribution < -0.4 is 4.72 Å². The fourth-order valence-electron chi connectivity index (χ4n) is 2.37. The molecule has 0 aliphatic heterocycles. The Kier molecular flexibility index (Phi) is 6.15. The van der Waals surface area contributed by atoms with Gasteiger partial charge in [-0.05, 0) is 37.8 Å². The summed E-state index contributed by atoms with van der Waals surface area (Å²) in [6.07, 6.45) is 1.19. The third-order valence-corrected chi connectivity index (χ3v) is 5.24. The van der Waals surface area contributed by atoms with Crippen LogP contribution in [0.3, 0.4) is 0 Å². The van der Waals surface area contributed by atoms with Crippen molar-refractivity contribution in [2.45, 2.75) is 38.0 Å². The van der Waals surface area contributed by atoms with Crippen LogP contribution in [0.25, 0.3) is 0 Å². The molecule has 0 aromatic heterocycles. The van der Waals surface area contributed by atoms with Crippen molar-refractivity contribution in [3.63, 3.8) is 0 Å². The van der Waals surface area contributed by atoms with E-state index in [9.17, 15) is 13.5 Å². The van der Waals surface area contributed by atoms with Crippen molar-refractivity contribution < 1.29 is 13.5 Å². The van der Waals surface area contributed by atoms with Crippen molar-refractivity contribution in [1.82, 2.24) is 4.72 Å². The number of benzene rings is 2. The maximum absolute atomic E-state index is 12.2. The molecule has 0 unspecified atom stereocenters. The topological polar surface area (TPSA) is 66.4 Å². The Labute approximate surface area is 144 Å². The van der Waals surface area contributed by atoms with Crippen LogP contribution in [0.1, 0.15) is 30.0 Å². The van der Waals surface area contributed by atoms with Gasteiger partial charge >= 0.3 is 0 Å². The van der Waals surface area contributed by atoms with E-state index in [0.29, 0.717) is 12.8 Å². The summed E-state index contributed by atoms with van der Waals surface area (Å²) >= 11 is 0. The average molecular weight is 347 g/mol. The van der Waals surface area contributed by atoms with Crippen molar-refractivity contribution in [2.24, 2.45) is 0 Å². The molecule has 0 aliphatic rings. The highest BCUT2D eigenvalue weighted by atomic mass is 32.2. The molecule has 2 rings (SSSR count). The zero-order valence-electron chi connectivity index (χ0n) is 14.2. The molecule has 2 N–H and O–H groups in total. The van der Waals surface area contributed by atoms with Gasteiger partial charge in [0.2, 0.25) is 10.0 Å². The Balaban J connectivity index is 1.86. The van der Waals surface area contributed by atoms with Gasteiger partial charge in [-0.2, -0.15) is 0 Å². The van der Waals surface area contributed by atoms with Gasteiger partial charge in [-0.15, -0.1) is 0 Å². The third-order valence-electron chi connectivity index (χ3n) is 3.95. The van der Waals surface area contributed by atoms with Crippen molar-refractivity contribution in [3.8, 4) is 0 Å². The van der Waals surface area contributed by atoms with Gasteiger partial charge < -0.3 is 5.11 Å². The highest BCUT2D eigenvalue weighted by Crippen LogP contribution is 2.14. The Hall–Kier alpha value is -1.69. The average Bonchev–Trinajstić information content (AvgIpc) is 2.55. The number of hydrogen-bond donors (Lipinski definition) is 2. The molecule has 0 radical (unpaired) electrons. The first-order valence-electron chi connectivity index (χ1n) is 8.05. The lowest BCUT2D eigenvalue weighted by molar-refractivity contribution is 0.0565. The molecule has 0 saturated heterocycles. The number of rotatable bonds is 8. The van der Waals surface area contributed by atoms with E-state index < -0.39 is 15.6 Å². The normalized spacial score (nSPS) is 14.3. The molecule has 130 valence electrons. The lowest BCUT2D eigenvalue weighted by Gasteiger charge is -2.23. The summed E-state index contributed by atoms with van der Waals surface area (Å²) in [6, 6.07) is 17.2. The van der Waals surface area contributed by atoms with E-state index in [2.05, 4.69) is 4.72 Å². The van der Waals surface area contributed by atoms with Crippen LogP contribution in [0, 0.1) is 6.92 Å². The molecule has 5 heteroatoms. The molecular weight excluding hydrogens is 322 g/mol. The molecule has 0 spiro atoms. The first-order valence-corrected chi connectivity index (χ1v) is 9.70. The predicted molar refractivity (Wildman–Crippen MR) is 97.2 cm³/mol. The minimum atomic E-state index is -3.47. The number of aryl methyl sites for hydroxylation is 2. The molecule has 2 aromatic carbocycles. The van der Waals surface area contributed by atoms with Gasteiger partial charge in [-0.1, -0.05) is 60.2 Å². The second-order valence-corrected chi connectivity index (χ2v) is 8.36. The molecule has 4 nitrogen and oxygen atoms in total. The highest BCUT2D eigenvalue weighted by Gasteiger charge is 2.23. The van der Waals surface area contributed by atoms with Crippen LogP contribution in [-0.4, -0.2) is 25.7 Å². The van der Waals surface area contributed by atoms with E-state index in [1.807, 2.05) is 61.5 Å². The largest absolute Gasteiger partial charge is 0.389 e. The van der Waals surface area contributed by atoms with Gasteiger partial charge in [0.1, 0.15) is 0 Å². The summed E-state index contributed by atoms with van der Waals surface area (Å²) in [5.74, 6) is -0.0813. The molecule has 0 bridgehead atoms. The Morgan fingerprint density at radius 3 is 2.25 bits per heavy atom. The first-order chi connectivity index (χ1) is 11.3. The van der Waals surface area contributed by atoms with E-state index in [1.165, 1.54) is 0 Å². The number of aliphatic hydroxyl groups is 1. The van der Waals surface area contributed by atoms with Crippen LogP contribution in [0.15, 0.2) is 54.6 Å². The Morgan fingerprint density at radius 1 is 1.00 bits per heavy atom. The summed E-state index contributed by atoms with van der Waals surface area (Å²) in [5, 5.41) is 10.4. The smallest absolute Gasteiger partial charge is 0.215 e. The Bertz CT molecular complexity index is 738. The van der Waals surface area contributed by atoms with Crippen LogP contribution in [0.5, 0.6) is 0 Å². The van der Waals surface area contributed by atoms with Crippen molar-refractivity contribution in [1.29, 1.82) is 0 Å². The van der Waals surface area contributed by atoms with Crippen molar-refractivity contribution in [2.75, 3.05) is 6.54 Å². The maximum Gasteiger partial charge on any atom is 0.215 e. The summed E-state index contributed by atoms with van der Waals surface area (Å²) in [4.78, 5) is 0. The lowest BCUT2D eigenvalue weighted by atomic mass is 9.97. The highest BCUT2D eigenvalue weighted by molar-refractivity contribution is 7.88. The van der Waals surface area contributed by atoms with E-state index in [0.717, 1.165) is 16.7 Å². The predicted octanol–water partition coefficient (Wildman–Crippen LogP) is 2.80. The molecule has 0 fully saturated rings. The lowest BCUT2D eigenvalue weighted by Crippen LogP contribution is -2.41. The summed E-state index contributed by atoms with van der Waals surface area (Å²) in [7, 11) is -3.47. The molecule has 0 aliphatic carbocycles.